The molecule has 0 radical (unpaired) electrons. The highest BCUT2D eigenvalue weighted by Crippen LogP contribution is 2.06. The molecule has 1 rings (SSSR count). The average Bonchev–Trinajstić information content (AvgIpc) is 2.41. The van der Waals surface area contributed by atoms with E-state index in [1.165, 1.54) is 0 Å². The fraction of sp³-hybridized carbons (Fsp3) is 0.625. The van der Waals surface area contributed by atoms with Gasteiger partial charge >= 0.3 is 6.09 Å². The third-order valence-corrected chi connectivity index (χ3v) is 2.73. The van der Waals surface area contributed by atoms with Crippen LogP contribution in [0.25, 0.3) is 0 Å². The third kappa shape index (κ3) is 9.85. The van der Waals surface area contributed by atoms with Crippen LogP contribution in [0.3, 0.4) is 0 Å². The maximum atomic E-state index is 11.4. The minimum Gasteiger partial charge on any atom is -0.444 e. The molecular weight excluding hydrogens is 266 g/mol. The molecule has 0 aliphatic heterocycles. The maximum absolute atomic E-state index is 11.4. The van der Waals surface area contributed by atoms with Crippen molar-refractivity contribution in [2.45, 2.75) is 45.6 Å². The van der Waals surface area contributed by atoms with Gasteiger partial charge in [0.1, 0.15) is 5.60 Å². The molecule has 21 heavy (non-hydrogen) atoms. The fourth-order valence-corrected chi connectivity index (χ4v) is 1.77. The highest BCUT2D eigenvalue weighted by atomic mass is 16.6. The quantitative estimate of drug-likeness (QED) is 0.723. The monoisotopic (exact) mass is 293 g/mol. The van der Waals surface area contributed by atoms with E-state index in [0.29, 0.717) is 6.54 Å². The molecule has 0 atom stereocenters. The zero-order valence-corrected chi connectivity index (χ0v) is 13.3. The van der Waals surface area contributed by atoms with E-state index in [4.69, 9.17) is 4.74 Å². The average molecular weight is 293 g/mol. The van der Waals surface area contributed by atoms with Gasteiger partial charge in [0.15, 0.2) is 0 Å². The fourth-order valence-electron chi connectivity index (χ4n) is 1.77. The summed E-state index contributed by atoms with van der Waals surface area (Å²) in [6.07, 6.45) is 4.38. The number of hydrogen-bond acceptors (Lipinski definition) is 4. The first-order chi connectivity index (χ1) is 9.97. The minimum atomic E-state index is -0.433. The van der Waals surface area contributed by atoms with Gasteiger partial charge in [-0.15, -0.1) is 0 Å². The summed E-state index contributed by atoms with van der Waals surface area (Å²) < 4.78 is 5.16. The van der Waals surface area contributed by atoms with Gasteiger partial charge < -0.3 is 15.4 Å². The lowest BCUT2D eigenvalue weighted by atomic mass is 10.2. The summed E-state index contributed by atoms with van der Waals surface area (Å²) in [5.41, 5.74) is 0.675. The molecule has 118 valence electrons. The predicted octanol–water partition coefficient (Wildman–Crippen LogP) is 2.52. The Morgan fingerprint density at radius 3 is 2.62 bits per heavy atom. The van der Waals surface area contributed by atoms with Crippen molar-refractivity contribution in [1.82, 2.24) is 15.6 Å². The summed E-state index contributed by atoms with van der Waals surface area (Å²) in [6.45, 7) is 8.10. The standard InChI is InChI=1S/C16H27N3O2/c1-16(2,3)21-15(20)19-12-7-6-10-17-13-9-14-8-4-5-11-18-14/h4-5,8,11,17H,6-7,9-10,12-13H2,1-3H3,(H,19,20). The van der Waals surface area contributed by atoms with E-state index in [-0.39, 0.29) is 6.09 Å². The molecule has 0 aromatic carbocycles. The highest BCUT2D eigenvalue weighted by Gasteiger charge is 2.15. The molecule has 0 aliphatic carbocycles. The van der Waals surface area contributed by atoms with Gasteiger partial charge in [0.2, 0.25) is 0 Å². The van der Waals surface area contributed by atoms with Crippen molar-refractivity contribution in [3.63, 3.8) is 0 Å². The minimum absolute atomic E-state index is 0.342. The Labute approximate surface area is 127 Å². The number of rotatable bonds is 8. The van der Waals surface area contributed by atoms with Crippen LogP contribution in [0, 0.1) is 0 Å². The summed E-state index contributed by atoms with van der Waals surface area (Å²) in [6, 6.07) is 5.96. The van der Waals surface area contributed by atoms with Gasteiger partial charge in [0, 0.05) is 31.4 Å². The lowest BCUT2D eigenvalue weighted by Crippen LogP contribution is -2.33. The Morgan fingerprint density at radius 2 is 1.95 bits per heavy atom. The second-order valence-electron chi connectivity index (χ2n) is 5.96. The topological polar surface area (TPSA) is 63.2 Å². The number of pyridine rings is 1. The van der Waals surface area contributed by atoms with E-state index in [1.54, 1.807) is 0 Å². The molecule has 0 fully saturated rings. The molecule has 2 N–H and O–H groups in total. The van der Waals surface area contributed by atoms with Crippen molar-refractivity contribution in [2.75, 3.05) is 19.6 Å². The molecule has 0 unspecified atom stereocenters. The van der Waals surface area contributed by atoms with Crippen molar-refractivity contribution in [3.05, 3.63) is 30.1 Å². The first kappa shape index (κ1) is 17.4. The second-order valence-corrected chi connectivity index (χ2v) is 5.96. The number of aromatic nitrogens is 1. The number of carbonyl (C=O) groups is 1. The number of alkyl carbamates (subject to hydrolysis) is 1. The molecular formula is C16H27N3O2. The van der Waals surface area contributed by atoms with Crippen molar-refractivity contribution in [3.8, 4) is 0 Å². The lowest BCUT2D eigenvalue weighted by molar-refractivity contribution is 0.0527. The summed E-state index contributed by atoms with van der Waals surface area (Å²) in [4.78, 5) is 15.7. The number of carbonyl (C=O) groups excluding carboxylic acids is 1. The maximum Gasteiger partial charge on any atom is 0.407 e. The van der Waals surface area contributed by atoms with E-state index in [9.17, 15) is 4.79 Å². The van der Waals surface area contributed by atoms with Gasteiger partial charge in [-0.05, 0) is 52.3 Å². The number of ether oxygens (including phenoxy) is 1. The van der Waals surface area contributed by atoms with Crippen LogP contribution in [-0.4, -0.2) is 36.3 Å². The molecule has 0 bridgehead atoms. The molecule has 1 amide bonds. The number of amides is 1. The van der Waals surface area contributed by atoms with E-state index in [2.05, 4.69) is 15.6 Å². The number of hydrogen-bond donors (Lipinski definition) is 2. The Morgan fingerprint density at radius 1 is 1.19 bits per heavy atom. The Kier molecular flexibility index (Phi) is 7.75. The lowest BCUT2D eigenvalue weighted by Gasteiger charge is -2.19. The van der Waals surface area contributed by atoms with E-state index in [1.807, 2.05) is 45.2 Å². The molecule has 0 spiro atoms. The largest absolute Gasteiger partial charge is 0.444 e. The predicted molar refractivity (Wildman–Crippen MR) is 84.3 cm³/mol. The van der Waals surface area contributed by atoms with Crippen LogP contribution in [0.15, 0.2) is 24.4 Å². The molecule has 0 aliphatic rings. The van der Waals surface area contributed by atoms with Crippen LogP contribution >= 0.6 is 0 Å². The SMILES string of the molecule is CC(C)(C)OC(=O)NCCCCNCCc1ccccn1. The van der Waals surface area contributed by atoms with Crippen molar-refractivity contribution in [1.29, 1.82) is 0 Å². The van der Waals surface area contributed by atoms with Crippen LogP contribution in [-0.2, 0) is 11.2 Å². The van der Waals surface area contributed by atoms with Crippen LogP contribution in [0.5, 0.6) is 0 Å². The van der Waals surface area contributed by atoms with Crippen molar-refractivity contribution >= 4 is 6.09 Å². The van der Waals surface area contributed by atoms with Gasteiger partial charge in [-0.2, -0.15) is 0 Å². The Balaban J connectivity index is 1.92. The van der Waals surface area contributed by atoms with Crippen LogP contribution in [0.2, 0.25) is 0 Å². The number of nitrogens with zero attached hydrogens (tertiary/aromatic N) is 1. The second kappa shape index (κ2) is 9.34. The third-order valence-electron chi connectivity index (χ3n) is 2.73. The van der Waals surface area contributed by atoms with Crippen LogP contribution in [0.1, 0.15) is 39.3 Å². The number of unbranched alkanes of at least 4 members (excludes halogenated alkanes) is 1. The van der Waals surface area contributed by atoms with E-state index in [0.717, 1.165) is 38.0 Å². The molecule has 5 nitrogen and oxygen atoms in total. The molecule has 1 aromatic rings. The summed E-state index contributed by atoms with van der Waals surface area (Å²) >= 11 is 0. The zero-order valence-electron chi connectivity index (χ0n) is 13.3. The van der Waals surface area contributed by atoms with Gasteiger partial charge in [-0.3, -0.25) is 4.98 Å². The summed E-state index contributed by atoms with van der Waals surface area (Å²) in [5, 5.41) is 6.13. The molecule has 1 heterocycles. The number of nitrogens with one attached hydrogen (secondary N) is 2. The van der Waals surface area contributed by atoms with Gasteiger partial charge in [0.05, 0.1) is 0 Å². The molecule has 0 saturated carbocycles. The highest BCUT2D eigenvalue weighted by molar-refractivity contribution is 5.67. The Hall–Kier alpha value is -1.62. The van der Waals surface area contributed by atoms with Crippen molar-refractivity contribution < 1.29 is 9.53 Å². The molecule has 5 heteroatoms. The van der Waals surface area contributed by atoms with Crippen LogP contribution in [0.4, 0.5) is 4.79 Å². The summed E-state index contributed by atoms with van der Waals surface area (Å²) in [7, 11) is 0. The van der Waals surface area contributed by atoms with Gasteiger partial charge in [-0.25, -0.2) is 4.79 Å². The van der Waals surface area contributed by atoms with Gasteiger partial charge in [0.25, 0.3) is 0 Å². The summed E-state index contributed by atoms with van der Waals surface area (Å²) in [5.74, 6) is 0. The van der Waals surface area contributed by atoms with E-state index >= 15 is 0 Å². The first-order valence-electron chi connectivity index (χ1n) is 7.55. The van der Waals surface area contributed by atoms with Crippen LogP contribution < -0.4 is 10.6 Å². The molecule has 1 aromatic heterocycles. The molecule has 0 saturated heterocycles. The zero-order chi connectivity index (χ0) is 15.6. The van der Waals surface area contributed by atoms with Crippen molar-refractivity contribution in [2.24, 2.45) is 0 Å². The smallest absolute Gasteiger partial charge is 0.407 e. The first-order valence-corrected chi connectivity index (χ1v) is 7.55. The van der Waals surface area contributed by atoms with E-state index < -0.39 is 5.60 Å². The normalized spacial score (nSPS) is 11.2. The Bertz CT molecular complexity index is 402. The van der Waals surface area contributed by atoms with Gasteiger partial charge in [-0.1, -0.05) is 6.07 Å².